The molecule has 4 N–H and O–H groups in total. The van der Waals surface area contributed by atoms with Crippen LogP contribution in [0.25, 0.3) is 109 Å². The number of furan rings is 3. The number of fused-ring (bicyclic) bond motifs is 20. The van der Waals surface area contributed by atoms with Gasteiger partial charge in [0.05, 0.1) is 29.0 Å². The first-order chi connectivity index (χ1) is 73.3. The number of piperidine rings is 15. The van der Waals surface area contributed by atoms with Crippen LogP contribution in [0.3, 0.4) is 0 Å². The van der Waals surface area contributed by atoms with E-state index in [0.29, 0.717) is 128 Å². The Morgan fingerprint density at radius 1 is 0.373 bits per heavy atom. The molecular formula is C126H130N8O14S2. The lowest BCUT2D eigenvalue weighted by Gasteiger charge is -2.44. The van der Waals surface area contributed by atoms with Crippen molar-refractivity contribution in [3.63, 3.8) is 0 Å². The smallest absolute Gasteiger partial charge is 0.335 e. The fraction of sp³-hybridized carbons (Fsp3) is 0.381. The van der Waals surface area contributed by atoms with Crippen LogP contribution in [0.1, 0.15) is 176 Å². The first-order valence-corrected chi connectivity index (χ1v) is 56.0. The van der Waals surface area contributed by atoms with E-state index in [1.54, 1.807) is 41.5 Å². The van der Waals surface area contributed by atoms with Crippen LogP contribution in [0, 0.1) is 65.1 Å². The Kier molecular flexibility index (Phi) is 29.8. The monoisotopic (exact) mass is 2040 g/mol. The van der Waals surface area contributed by atoms with Gasteiger partial charge in [0.2, 0.25) is 5.91 Å². The van der Waals surface area contributed by atoms with Crippen molar-refractivity contribution in [2.24, 2.45) is 70.8 Å². The quantitative estimate of drug-likeness (QED) is 0.0425. The molecule has 1 saturated carbocycles. The minimum Gasteiger partial charge on any atom is -0.496 e. The number of carbonyl (C=O) groups excluding carboxylic acids is 7. The van der Waals surface area contributed by atoms with Gasteiger partial charge in [0.25, 0.3) is 5.91 Å². The number of hydrogen-bond acceptors (Lipinski definition) is 21. The zero-order valence-corrected chi connectivity index (χ0v) is 86.9. The molecule has 21 heterocycles. The first-order valence-electron chi connectivity index (χ1n) is 54.4. The predicted octanol–water partition coefficient (Wildman–Crippen LogP) is 24.9. The number of carbonyl (C=O) groups is 8. The maximum absolute atomic E-state index is 13.1. The van der Waals surface area contributed by atoms with Crippen molar-refractivity contribution in [2.75, 3.05) is 135 Å². The highest BCUT2D eigenvalue weighted by Gasteiger charge is 2.42. The number of hydrogen-bond donors (Lipinski definition) is 3. The Morgan fingerprint density at radius 3 is 1.20 bits per heavy atom. The topological polar surface area (TPSA) is 272 Å². The SMILES string of the molecule is COc1ccccc1-c1cccc2cc(C(=O)C[C@H]3CN4CCC3CC4)oc12.NCc1ccccc1-c1cccc2cc(C(=O)C[C@H]3CN4CCC3CC4)sc12.O=C(C[C@H]1CN2CCC1CC2)c1cc2cccc(-c3ccc(N4CCOCC4=O)cc3)c2o1.O=C(C[C@H]1CN2CCC1CC2)c1cc2cccc(-c3cccc(NC(=O)C4CC4)c3)c2o1.O=C(O)c1cccc(-c2cccc3cc(C(=O)C[C@H]4CN5CCC4CC5)sc23)c1. The van der Waals surface area contributed by atoms with Crippen molar-refractivity contribution in [3.8, 4) is 61.4 Å². The molecule has 0 spiro atoms. The molecule has 32 rings (SSSR count). The van der Waals surface area contributed by atoms with Crippen molar-refractivity contribution >= 4 is 134 Å². The molecule has 0 radical (unpaired) electrons. The summed E-state index contributed by atoms with van der Waals surface area (Å²) in [6, 6.07) is 79.1. The third kappa shape index (κ3) is 21.9. The van der Waals surface area contributed by atoms with Crippen molar-refractivity contribution in [1.82, 2.24) is 24.5 Å². The summed E-state index contributed by atoms with van der Waals surface area (Å²) in [5.74, 6) is 8.31. The van der Waals surface area contributed by atoms with Crippen LogP contribution < -0.4 is 20.7 Å². The van der Waals surface area contributed by atoms with Crippen LogP contribution >= 0.6 is 22.7 Å². The summed E-state index contributed by atoms with van der Waals surface area (Å²) >= 11 is 3.19. The largest absolute Gasteiger partial charge is 0.496 e. The lowest BCUT2D eigenvalue weighted by Crippen LogP contribution is -2.47. The third-order valence-corrected chi connectivity index (χ3v) is 37.0. The van der Waals surface area contributed by atoms with E-state index >= 15 is 0 Å². The summed E-state index contributed by atoms with van der Waals surface area (Å²) in [5, 5.41) is 17.4. The number of benzene rings is 10. The highest BCUT2D eigenvalue weighted by molar-refractivity contribution is 7.21. The average Bonchev–Trinajstić information content (AvgIpc) is 1.65. The van der Waals surface area contributed by atoms with E-state index in [9.17, 15) is 43.5 Å². The van der Waals surface area contributed by atoms with Gasteiger partial charge in [0.15, 0.2) is 46.2 Å². The molecule has 15 aromatic rings. The van der Waals surface area contributed by atoms with Gasteiger partial charge >= 0.3 is 5.97 Å². The number of rotatable bonds is 26. The van der Waals surface area contributed by atoms with E-state index in [4.69, 9.17) is 28.5 Å². The van der Waals surface area contributed by atoms with Gasteiger partial charge in [-0.25, -0.2) is 4.79 Å². The average molecular weight is 2040 g/mol. The van der Waals surface area contributed by atoms with Crippen LogP contribution in [0.5, 0.6) is 5.75 Å². The zero-order valence-electron chi connectivity index (χ0n) is 85.2. The summed E-state index contributed by atoms with van der Waals surface area (Å²) < 4.78 is 31.4. The van der Waals surface area contributed by atoms with Gasteiger partial charge in [0, 0.05) is 143 Å². The second kappa shape index (κ2) is 44.5. The van der Waals surface area contributed by atoms with E-state index in [0.717, 1.165) is 177 Å². The fourth-order valence-corrected chi connectivity index (χ4v) is 28.3. The van der Waals surface area contributed by atoms with Crippen molar-refractivity contribution in [2.45, 2.75) is 116 Å². The van der Waals surface area contributed by atoms with Crippen molar-refractivity contribution in [1.29, 1.82) is 0 Å². The highest BCUT2D eigenvalue weighted by Crippen LogP contribution is 2.48. The normalized spacial score (nSPS) is 24.2. The molecule has 5 atom stereocenters. The standard InChI is InChI=1S/C27H28N2O4.C27H28N2O3.C24H26N2OS.C24H23NO3S.C24H25NO3/c30-24(14-21-16-28-10-8-18(21)9-11-28)25-15-20-2-1-3-23(27(20)33-25)19-4-6-22(7-5-19)29-12-13-32-17-26(29)31;30-24(14-21-16-29-11-9-17(21)10-12-29)25-15-20-4-2-6-23(26(20)32-25)19-3-1-5-22(13-19)28-27(31)18-7-8-18;25-14-18-4-1-2-6-20(18)21-7-3-5-17-13-23(28-24(17)21)22(27)12-19-15-26-10-8-16(19)9-11-26;26-21(12-19-14-25-9-7-15(19)8-10-25)22-13-17-4-2-6-20(23(17)29-22)16-3-1-5-18(11-16)24(27)28;1-27-22-8-3-2-6-19(22)20-7-4-5-17-14-23(28-24(17)20)21(26)13-18-15-25-11-9-16(18)10-12-25/h1-7,15,18,21H,8-14,16-17H2;1-6,13,15,17-18,21H,7-12,14,16H2,(H,28,31);1-7,13,16,19H,8-12,14-15,25H2;1-6,11,13,15,19H,7-10,12,14H2,(H,27,28);2-8,14,16,18H,9-13,15H2,1H3/t2*21-;2*19-;18-/m00000/s1. The number of methoxy groups -OCH3 is 1. The van der Waals surface area contributed by atoms with Crippen LogP contribution in [0.15, 0.2) is 256 Å². The van der Waals surface area contributed by atoms with E-state index in [1.165, 1.54) is 157 Å². The van der Waals surface area contributed by atoms with Crippen molar-refractivity contribution in [3.05, 3.63) is 281 Å². The molecule has 0 unspecified atom stereocenters. The molecule has 1 aliphatic carbocycles. The number of Topliss-reactive ketones (excluding diaryl/α,β-unsaturated/α-hetero) is 5. The Labute approximate surface area is 882 Å². The van der Waals surface area contributed by atoms with Crippen LogP contribution in [-0.2, 0) is 20.9 Å². The van der Waals surface area contributed by atoms with Gasteiger partial charge in [-0.3, -0.25) is 33.6 Å². The van der Waals surface area contributed by atoms with E-state index in [2.05, 4.69) is 72.3 Å². The molecule has 2 amide bonds. The minimum atomic E-state index is -0.932. The van der Waals surface area contributed by atoms with Crippen LogP contribution in [0.2, 0.25) is 0 Å². The van der Waals surface area contributed by atoms with Gasteiger partial charge in [0.1, 0.15) is 29.1 Å². The molecule has 16 aliphatic heterocycles. The lowest BCUT2D eigenvalue weighted by atomic mass is 9.76. The van der Waals surface area contributed by atoms with Gasteiger partial charge in [-0.2, -0.15) is 0 Å². The summed E-state index contributed by atoms with van der Waals surface area (Å²) in [7, 11) is 1.67. The Morgan fingerprint density at radius 2 is 0.760 bits per heavy atom. The van der Waals surface area contributed by atoms with Gasteiger partial charge in [-0.1, -0.05) is 170 Å². The molecule has 17 aliphatic rings. The zero-order chi connectivity index (χ0) is 102. The number of thiophene rings is 2. The molecule has 10 bridgehead atoms. The summed E-state index contributed by atoms with van der Waals surface area (Å²) in [6.45, 7) is 19.0. The van der Waals surface area contributed by atoms with Gasteiger partial charge in [-0.15, -0.1) is 22.7 Å². The van der Waals surface area contributed by atoms with Crippen LogP contribution in [0.4, 0.5) is 11.4 Å². The highest BCUT2D eigenvalue weighted by atomic mass is 32.1. The molecule has 16 saturated heterocycles. The van der Waals surface area contributed by atoms with Crippen LogP contribution in [-0.4, -0.2) is 201 Å². The summed E-state index contributed by atoms with van der Waals surface area (Å²) in [6.07, 6.45) is 17.3. The number of para-hydroxylation sites is 4. The number of ketones is 5. The van der Waals surface area contributed by atoms with Gasteiger partial charge in [-0.05, 0) is 324 Å². The predicted molar refractivity (Wildman–Crippen MR) is 593 cm³/mol. The number of nitrogens with zero attached hydrogens (tertiary/aromatic N) is 6. The van der Waals surface area contributed by atoms with E-state index < -0.39 is 5.97 Å². The fourth-order valence-electron chi connectivity index (χ4n) is 26.0. The number of morpholine rings is 1. The Balaban J connectivity index is 0.000000103. The number of anilines is 2. The third-order valence-electron chi connectivity index (χ3n) is 34.5. The molecule has 10 aromatic carbocycles. The maximum atomic E-state index is 13.1. The van der Waals surface area contributed by atoms with E-state index in [1.807, 2.05) is 182 Å². The molecule has 17 fully saturated rings. The molecule has 150 heavy (non-hydrogen) atoms. The molecule has 22 nitrogen and oxygen atoms in total. The molecule has 24 heteroatoms. The summed E-state index contributed by atoms with van der Waals surface area (Å²) in [4.78, 5) is 117. The molecule has 770 valence electrons. The molecular weight excluding hydrogens is 1910 g/mol. The lowest BCUT2D eigenvalue weighted by molar-refractivity contribution is -0.125. The van der Waals surface area contributed by atoms with E-state index in [-0.39, 0.29) is 53.0 Å². The first kappa shape index (κ1) is 100. The maximum Gasteiger partial charge on any atom is 0.335 e. The Bertz CT molecular complexity index is 7390. The van der Waals surface area contributed by atoms with Gasteiger partial charge < -0.3 is 68.3 Å². The second-order valence-corrected chi connectivity index (χ2v) is 45.8. The number of carboxylic acids is 1. The number of amides is 2. The molecule has 5 aromatic heterocycles. The second-order valence-electron chi connectivity index (χ2n) is 43.7. The number of ether oxygens (including phenoxy) is 2. The van der Waals surface area contributed by atoms with Crippen molar-refractivity contribution < 1.29 is 66.2 Å². The minimum absolute atomic E-state index is 0.0201. The number of carboxylic acid groups (broad SMARTS) is 1. The number of nitrogens with one attached hydrogen (secondary N) is 1. The Hall–Kier alpha value is -13.0. The summed E-state index contributed by atoms with van der Waals surface area (Å²) in [5.41, 5.74) is 21.3. The number of aromatic carboxylic acids is 1. The number of nitrogens with two attached hydrogens (primary N) is 1.